The Morgan fingerprint density at radius 2 is 2.06 bits per heavy atom. The van der Waals surface area contributed by atoms with E-state index in [1.807, 2.05) is 11.9 Å². The third kappa shape index (κ3) is 5.52. The smallest absolute Gasteiger partial charge is 0.181 e. The van der Waals surface area contributed by atoms with Gasteiger partial charge in [0.15, 0.2) is 11.7 Å². The topological polar surface area (TPSA) is 53.0 Å². The number of nitrogens with zero attached hydrogens (tertiary/aromatic N) is 4. The predicted octanol–water partition coefficient (Wildman–Crippen LogP) is 4.76. The van der Waals surface area contributed by atoms with Crippen LogP contribution in [0.25, 0.3) is 5.57 Å². The average Bonchev–Trinajstić information content (AvgIpc) is 3.69. The summed E-state index contributed by atoms with van der Waals surface area (Å²) in [6, 6.07) is 2.06. The minimum absolute atomic E-state index is 0.296. The van der Waals surface area contributed by atoms with Gasteiger partial charge in [0.05, 0.1) is 13.3 Å². The van der Waals surface area contributed by atoms with E-state index in [1.54, 1.807) is 24.4 Å². The lowest BCUT2D eigenvalue weighted by molar-refractivity contribution is 0.346. The molecule has 1 saturated heterocycles. The summed E-state index contributed by atoms with van der Waals surface area (Å²) in [5, 5.41) is 3.33. The molecule has 0 radical (unpaired) electrons. The molecule has 1 N–H and O–H groups in total. The molecule has 1 unspecified atom stereocenters. The molecule has 1 saturated carbocycles. The van der Waals surface area contributed by atoms with Gasteiger partial charge in [0.1, 0.15) is 11.6 Å². The van der Waals surface area contributed by atoms with E-state index >= 15 is 4.39 Å². The number of amidine groups is 1. The predicted molar refractivity (Wildman–Crippen MR) is 136 cm³/mol. The Hall–Kier alpha value is -2.67. The SMILES string of the molecule is CCC(C)=C/C(=C1/N=C(N2CCNCC2)C(F)=CN1C)c1cc(OC)cnc1CC(C)C1CC1. The van der Waals surface area contributed by atoms with Crippen molar-refractivity contribution in [2.75, 3.05) is 40.3 Å². The molecular weight excluding hydrogens is 429 g/mol. The lowest BCUT2D eigenvalue weighted by Crippen LogP contribution is -2.47. The number of methoxy groups -OCH3 is 1. The van der Waals surface area contributed by atoms with Crippen molar-refractivity contribution in [2.24, 2.45) is 16.8 Å². The monoisotopic (exact) mass is 467 g/mol. The van der Waals surface area contributed by atoms with E-state index < -0.39 is 0 Å². The molecule has 7 heteroatoms. The van der Waals surface area contributed by atoms with Crippen molar-refractivity contribution >= 4 is 11.4 Å². The van der Waals surface area contributed by atoms with Crippen LogP contribution >= 0.6 is 0 Å². The van der Waals surface area contributed by atoms with Gasteiger partial charge in [-0.25, -0.2) is 9.38 Å². The number of pyridine rings is 1. The Kier molecular flexibility index (Phi) is 7.71. The molecule has 0 amide bonds. The number of halogens is 1. The first-order chi connectivity index (χ1) is 16.4. The van der Waals surface area contributed by atoms with E-state index in [4.69, 9.17) is 14.7 Å². The molecule has 3 heterocycles. The Bertz CT molecular complexity index is 1020. The Morgan fingerprint density at radius 1 is 1.32 bits per heavy atom. The van der Waals surface area contributed by atoms with E-state index in [0.717, 1.165) is 67.6 Å². The third-order valence-electron chi connectivity index (χ3n) is 7.09. The first kappa shape index (κ1) is 24.5. The van der Waals surface area contributed by atoms with Crippen LogP contribution in [0.4, 0.5) is 4.39 Å². The van der Waals surface area contributed by atoms with Crippen molar-refractivity contribution in [1.29, 1.82) is 0 Å². The number of aliphatic imine (C=N–C) groups is 1. The lowest BCUT2D eigenvalue weighted by atomic mass is 9.93. The second kappa shape index (κ2) is 10.7. The molecular formula is C27H38FN5O. The van der Waals surface area contributed by atoms with Crippen LogP contribution in [0.3, 0.4) is 0 Å². The van der Waals surface area contributed by atoms with Crippen LogP contribution in [0.5, 0.6) is 5.75 Å². The van der Waals surface area contributed by atoms with Gasteiger partial charge in [-0.2, -0.15) is 0 Å². The molecule has 1 aromatic heterocycles. The molecule has 1 aromatic rings. The molecule has 184 valence electrons. The fourth-order valence-corrected chi connectivity index (χ4v) is 4.60. The fraction of sp³-hybridized carbons (Fsp3) is 0.556. The van der Waals surface area contributed by atoms with Gasteiger partial charge in [0.2, 0.25) is 0 Å². The van der Waals surface area contributed by atoms with Gasteiger partial charge in [0.25, 0.3) is 0 Å². The van der Waals surface area contributed by atoms with Crippen LogP contribution in [0.1, 0.15) is 51.3 Å². The van der Waals surface area contributed by atoms with Crippen LogP contribution < -0.4 is 10.1 Å². The van der Waals surface area contributed by atoms with Crippen LogP contribution in [0, 0.1) is 11.8 Å². The van der Waals surface area contributed by atoms with E-state index in [1.165, 1.54) is 18.4 Å². The van der Waals surface area contributed by atoms with E-state index in [2.05, 4.69) is 38.2 Å². The summed E-state index contributed by atoms with van der Waals surface area (Å²) in [4.78, 5) is 13.6. The number of aromatic nitrogens is 1. The maximum absolute atomic E-state index is 15.1. The summed E-state index contributed by atoms with van der Waals surface area (Å²) < 4.78 is 20.6. The van der Waals surface area contributed by atoms with Crippen molar-refractivity contribution < 1.29 is 9.13 Å². The fourth-order valence-electron chi connectivity index (χ4n) is 4.60. The van der Waals surface area contributed by atoms with Crippen molar-refractivity contribution in [2.45, 2.75) is 46.5 Å². The van der Waals surface area contributed by atoms with Crippen molar-refractivity contribution in [3.8, 4) is 5.75 Å². The zero-order valence-corrected chi connectivity index (χ0v) is 21.2. The number of rotatable bonds is 7. The highest BCUT2D eigenvalue weighted by atomic mass is 19.1. The molecule has 0 bridgehead atoms. The second-order valence-electron chi connectivity index (χ2n) is 9.73. The lowest BCUT2D eigenvalue weighted by Gasteiger charge is -2.33. The number of ether oxygens (including phenoxy) is 1. The minimum atomic E-state index is -0.296. The van der Waals surface area contributed by atoms with Gasteiger partial charge in [-0.15, -0.1) is 0 Å². The van der Waals surface area contributed by atoms with Crippen LogP contribution in [0.2, 0.25) is 0 Å². The van der Waals surface area contributed by atoms with E-state index in [0.29, 0.717) is 17.5 Å². The quantitative estimate of drug-likeness (QED) is 0.626. The molecule has 34 heavy (non-hydrogen) atoms. The zero-order valence-electron chi connectivity index (χ0n) is 21.2. The summed E-state index contributed by atoms with van der Waals surface area (Å²) in [6.07, 6.45) is 9.97. The number of allylic oxidation sites excluding steroid dienone is 3. The molecule has 2 fully saturated rings. The first-order valence-electron chi connectivity index (χ1n) is 12.5. The number of nitrogens with one attached hydrogen (secondary N) is 1. The largest absolute Gasteiger partial charge is 0.495 e. The minimum Gasteiger partial charge on any atom is -0.495 e. The van der Waals surface area contributed by atoms with Gasteiger partial charge >= 0.3 is 0 Å². The maximum atomic E-state index is 15.1. The summed E-state index contributed by atoms with van der Waals surface area (Å²) in [5.41, 5.74) is 4.25. The van der Waals surface area contributed by atoms with Gasteiger partial charge < -0.3 is 19.9 Å². The number of hydrogen-bond acceptors (Lipinski definition) is 6. The van der Waals surface area contributed by atoms with E-state index in [-0.39, 0.29) is 5.83 Å². The molecule has 1 atom stereocenters. The van der Waals surface area contributed by atoms with Gasteiger partial charge in [0, 0.05) is 56.3 Å². The Labute approximate surface area is 203 Å². The van der Waals surface area contributed by atoms with Crippen molar-refractivity contribution in [3.63, 3.8) is 0 Å². The first-order valence-corrected chi connectivity index (χ1v) is 12.5. The number of hydrogen-bond donors (Lipinski definition) is 1. The summed E-state index contributed by atoms with van der Waals surface area (Å²) in [5.74, 6) is 2.92. The Morgan fingerprint density at radius 3 is 2.71 bits per heavy atom. The Balaban J connectivity index is 1.87. The van der Waals surface area contributed by atoms with Crippen molar-refractivity contribution in [1.82, 2.24) is 20.1 Å². The van der Waals surface area contributed by atoms with Crippen LogP contribution in [0.15, 0.2) is 46.8 Å². The molecule has 0 aromatic carbocycles. The molecule has 4 rings (SSSR count). The van der Waals surface area contributed by atoms with Gasteiger partial charge in [-0.3, -0.25) is 4.98 Å². The molecule has 2 aliphatic heterocycles. The maximum Gasteiger partial charge on any atom is 0.181 e. The average molecular weight is 468 g/mol. The summed E-state index contributed by atoms with van der Waals surface area (Å²) in [7, 11) is 3.53. The molecule has 6 nitrogen and oxygen atoms in total. The molecule has 3 aliphatic rings. The highest BCUT2D eigenvalue weighted by Crippen LogP contribution is 2.40. The zero-order chi connectivity index (χ0) is 24.2. The summed E-state index contributed by atoms with van der Waals surface area (Å²) >= 11 is 0. The van der Waals surface area contributed by atoms with Crippen LogP contribution in [-0.2, 0) is 6.42 Å². The van der Waals surface area contributed by atoms with Crippen molar-refractivity contribution in [3.05, 3.63) is 53.0 Å². The standard InChI is InChI=1S/C27H38FN5O/c1-6-18(2)13-23(22-15-21(34-5)16-30-25(22)14-19(3)20-7-8-20)26-31-27(24(28)17-32(26)4)33-11-9-29-10-12-33/h13,15-17,19-20,29H,6-12,14H2,1-5H3/b18-13?,26-23+. The molecule has 1 aliphatic carbocycles. The highest BCUT2D eigenvalue weighted by molar-refractivity contribution is 5.99. The second-order valence-corrected chi connectivity index (χ2v) is 9.73. The van der Waals surface area contributed by atoms with E-state index in [9.17, 15) is 0 Å². The molecule has 0 spiro atoms. The van der Waals surface area contributed by atoms with Gasteiger partial charge in [-0.1, -0.05) is 25.5 Å². The summed E-state index contributed by atoms with van der Waals surface area (Å²) in [6.45, 7) is 9.72. The number of piperazine rings is 1. The normalized spacial score (nSPS) is 21.8. The third-order valence-corrected chi connectivity index (χ3v) is 7.09. The van der Waals surface area contributed by atoms with Gasteiger partial charge in [-0.05, 0) is 50.5 Å². The highest BCUT2D eigenvalue weighted by Gasteiger charge is 2.30. The van der Waals surface area contributed by atoms with Crippen LogP contribution in [-0.4, -0.2) is 61.0 Å².